The largest absolute Gasteiger partial charge is 0.507 e. The molecule has 0 saturated carbocycles. The number of para-hydroxylation sites is 3. The summed E-state index contributed by atoms with van der Waals surface area (Å²) in [5, 5.41) is 37.4. The second kappa shape index (κ2) is 12.3. The first kappa shape index (κ1) is 25.4. The van der Waals surface area contributed by atoms with E-state index in [1.807, 2.05) is 50.2 Å². The summed E-state index contributed by atoms with van der Waals surface area (Å²) < 4.78 is 0. The summed E-state index contributed by atoms with van der Waals surface area (Å²) >= 11 is 0. The number of benzene rings is 4. The van der Waals surface area contributed by atoms with Gasteiger partial charge in [0.15, 0.2) is 0 Å². The molecule has 36 heavy (non-hydrogen) atoms. The van der Waals surface area contributed by atoms with Crippen LogP contribution in [0, 0.1) is 36.5 Å². The minimum Gasteiger partial charge on any atom is -0.507 e. The molecule has 4 rings (SSSR count). The van der Waals surface area contributed by atoms with Crippen LogP contribution >= 0.6 is 0 Å². The molecule has 0 spiro atoms. The lowest BCUT2D eigenvalue weighted by Gasteiger charge is -2.02. The average Bonchev–Trinajstić information content (AvgIpc) is 2.91. The molecule has 176 valence electrons. The average molecular weight is 473 g/mol. The number of phenolic OH excluding ortho intramolecular Hbond substituents is 2. The third-order valence-corrected chi connectivity index (χ3v) is 5.23. The zero-order valence-corrected chi connectivity index (χ0v) is 19.9. The van der Waals surface area contributed by atoms with Crippen LogP contribution in [0.15, 0.2) is 94.9 Å². The quantitative estimate of drug-likeness (QED) is 0.324. The highest BCUT2D eigenvalue weighted by Crippen LogP contribution is 2.23. The van der Waals surface area contributed by atoms with Gasteiger partial charge in [-0.1, -0.05) is 42.5 Å². The Hall–Kier alpha value is -5.20. The summed E-state index contributed by atoms with van der Waals surface area (Å²) in [6.07, 6.45) is 3.16. The second-order valence-electron chi connectivity index (χ2n) is 7.83. The molecule has 0 unspecified atom stereocenters. The molecule has 0 bridgehead atoms. The van der Waals surface area contributed by atoms with E-state index >= 15 is 0 Å². The topological polar surface area (TPSA) is 113 Å². The van der Waals surface area contributed by atoms with E-state index in [0.717, 1.165) is 11.1 Å². The fourth-order valence-corrected chi connectivity index (χ4v) is 3.19. The first-order valence-electron chi connectivity index (χ1n) is 11.1. The van der Waals surface area contributed by atoms with Crippen LogP contribution in [0.5, 0.6) is 11.5 Å². The maximum absolute atomic E-state index is 9.85. The maximum atomic E-state index is 9.85. The van der Waals surface area contributed by atoms with E-state index in [0.29, 0.717) is 33.6 Å². The van der Waals surface area contributed by atoms with Crippen LogP contribution in [0.1, 0.15) is 33.4 Å². The number of aryl methyl sites for hydroxylation is 2. The molecular weight excluding hydrogens is 448 g/mol. The Bertz CT molecular complexity index is 1510. The van der Waals surface area contributed by atoms with Crippen molar-refractivity contribution in [3.8, 4) is 23.6 Å². The van der Waals surface area contributed by atoms with Gasteiger partial charge in [0, 0.05) is 23.6 Å². The Labute approximate surface area is 210 Å². The summed E-state index contributed by atoms with van der Waals surface area (Å²) in [7, 11) is 0. The molecule has 4 aromatic rings. The van der Waals surface area contributed by atoms with Gasteiger partial charge in [-0.05, 0) is 67.4 Å². The van der Waals surface area contributed by atoms with Crippen LogP contribution < -0.4 is 0 Å². The number of rotatable bonds is 4. The fourth-order valence-electron chi connectivity index (χ4n) is 3.19. The van der Waals surface area contributed by atoms with E-state index in [-0.39, 0.29) is 11.5 Å². The van der Waals surface area contributed by atoms with Gasteiger partial charge < -0.3 is 10.2 Å². The van der Waals surface area contributed by atoms with Crippen LogP contribution in [0.25, 0.3) is 0 Å². The number of aromatic hydroxyl groups is 2. The van der Waals surface area contributed by atoms with Crippen LogP contribution in [-0.4, -0.2) is 22.6 Å². The minimum atomic E-state index is 0.218. The number of hydrogen-bond acceptors (Lipinski definition) is 6. The number of aliphatic imine (C=N–C) groups is 2. The Morgan fingerprint density at radius 2 is 1.25 bits per heavy atom. The minimum absolute atomic E-state index is 0.218. The Kier molecular flexibility index (Phi) is 8.70. The third-order valence-electron chi connectivity index (χ3n) is 5.23. The van der Waals surface area contributed by atoms with Crippen molar-refractivity contribution in [2.24, 2.45) is 9.98 Å². The van der Waals surface area contributed by atoms with Crippen molar-refractivity contribution >= 4 is 23.8 Å². The molecular formula is C30H24N4O2. The molecule has 0 aromatic heterocycles. The molecule has 6 nitrogen and oxygen atoms in total. The van der Waals surface area contributed by atoms with E-state index in [1.54, 1.807) is 61.0 Å². The molecule has 4 aromatic carbocycles. The highest BCUT2D eigenvalue weighted by Gasteiger charge is 2.02. The van der Waals surface area contributed by atoms with Crippen molar-refractivity contribution in [3.63, 3.8) is 0 Å². The Morgan fingerprint density at radius 1 is 0.667 bits per heavy atom. The van der Waals surface area contributed by atoms with Crippen molar-refractivity contribution in [1.29, 1.82) is 10.5 Å². The molecule has 0 aliphatic heterocycles. The molecule has 0 heterocycles. The molecule has 0 fully saturated rings. The van der Waals surface area contributed by atoms with Gasteiger partial charge in [-0.25, -0.2) is 0 Å². The number of nitrogens with zero attached hydrogens (tertiary/aromatic N) is 4. The Balaban J connectivity index is 0.000000201. The zero-order valence-electron chi connectivity index (χ0n) is 19.9. The molecule has 6 heteroatoms. The van der Waals surface area contributed by atoms with E-state index < -0.39 is 0 Å². The number of phenols is 2. The monoisotopic (exact) mass is 472 g/mol. The highest BCUT2D eigenvalue weighted by molar-refractivity contribution is 5.87. The summed E-state index contributed by atoms with van der Waals surface area (Å²) in [6, 6.07) is 29.2. The van der Waals surface area contributed by atoms with Gasteiger partial charge in [0.25, 0.3) is 0 Å². The Morgan fingerprint density at radius 3 is 1.86 bits per heavy atom. The van der Waals surface area contributed by atoms with Crippen LogP contribution in [0.3, 0.4) is 0 Å². The van der Waals surface area contributed by atoms with Gasteiger partial charge in [-0.2, -0.15) is 10.5 Å². The van der Waals surface area contributed by atoms with E-state index in [4.69, 9.17) is 10.5 Å². The molecule has 0 aliphatic carbocycles. The van der Waals surface area contributed by atoms with Crippen molar-refractivity contribution in [2.45, 2.75) is 13.8 Å². The predicted molar refractivity (Wildman–Crippen MR) is 143 cm³/mol. The van der Waals surface area contributed by atoms with Gasteiger partial charge in [0.2, 0.25) is 0 Å². The van der Waals surface area contributed by atoms with Crippen molar-refractivity contribution in [3.05, 3.63) is 118 Å². The lowest BCUT2D eigenvalue weighted by Crippen LogP contribution is -1.85. The van der Waals surface area contributed by atoms with Crippen LogP contribution in [0.4, 0.5) is 11.4 Å². The van der Waals surface area contributed by atoms with Crippen molar-refractivity contribution in [1.82, 2.24) is 0 Å². The van der Waals surface area contributed by atoms with Crippen LogP contribution in [0.2, 0.25) is 0 Å². The van der Waals surface area contributed by atoms with E-state index in [9.17, 15) is 10.2 Å². The van der Waals surface area contributed by atoms with E-state index in [2.05, 4.69) is 22.1 Å². The van der Waals surface area contributed by atoms with E-state index in [1.165, 1.54) is 0 Å². The lowest BCUT2D eigenvalue weighted by molar-refractivity contribution is 0.470. The van der Waals surface area contributed by atoms with Gasteiger partial charge >= 0.3 is 0 Å². The smallest absolute Gasteiger partial charge is 0.127 e. The van der Waals surface area contributed by atoms with Gasteiger partial charge in [0.1, 0.15) is 17.6 Å². The highest BCUT2D eigenvalue weighted by atomic mass is 16.3. The third kappa shape index (κ3) is 6.66. The molecule has 0 amide bonds. The van der Waals surface area contributed by atoms with Gasteiger partial charge in [-0.15, -0.1) is 0 Å². The van der Waals surface area contributed by atoms with Gasteiger partial charge in [-0.3, -0.25) is 9.98 Å². The molecule has 0 aliphatic rings. The fraction of sp³-hybridized carbons (Fsp3) is 0.0667. The number of nitriles is 2. The summed E-state index contributed by atoms with van der Waals surface area (Å²) in [5.74, 6) is 0.452. The summed E-state index contributed by atoms with van der Waals surface area (Å²) in [4.78, 5) is 8.49. The molecule has 0 radical (unpaired) electrons. The van der Waals surface area contributed by atoms with Crippen LogP contribution in [-0.2, 0) is 0 Å². The van der Waals surface area contributed by atoms with Crippen molar-refractivity contribution in [2.75, 3.05) is 0 Å². The second-order valence-corrected chi connectivity index (χ2v) is 7.83. The normalized spacial score (nSPS) is 10.4. The lowest BCUT2D eigenvalue weighted by atomic mass is 10.1. The standard InChI is InChI=1S/2C15H12N2O/c1-11-4-2-6-13(15(11)18)10-17-14-7-3-5-12(8-14)9-16;1-11-5-4-7-13(15(11)18)10-17-14-8-3-2-6-12(14)9-16/h2*2-8,10,18H,1H3. The summed E-state index contributed by atoms with van der Waals surface area (Å²) in [6.45, 7) is 3.67. The van der Waals surface area contributed by atoms with Crippen molar-refractivity contribution < 1.29 is 10.2 Å². The molecule has 2 N–H and O–H groups in total. The first-order valence-corrected chi connectivity index (χ1v) is 11.1. The SMILES string of the molecule is Cc1cccc(C=Nc2cccc(C#N)c2)c1O.Cc1cccc(C=Nc2ccccc2C#N)c1O. The first-order chi connectivity index (χ1) is 17.4. The maximum Gasteiger partial charge on any atom is 0.127 e. The molecule has 0 saturated heterocycles. The predicted octanol–water partition coefficient (Wildman–Crippen LogP) is 6.65. The number of hydrogen-bond donors (Lipinski definition) is 2. The molecule has 0 atom stereocenters. The zero-order chi connectivity index (χ0) is 25.9. The van der Waals surface area contributed by atoms with Gasteiger partial charge in [0.05, 0.1) is 28.6 Å². The summed E-state index contributed by atoms with van der Waals surface area (Å²) in [5.41, 5.74) is 5.28.